The molecular formula is C16H17N3. The summed E-state index contributed by atoms with van der Waals surface area (Å²) in [5, 5.41) is 11.7. The second-order valence-electron chi connectivity index (χ2n) is 4.92. The first kappa shape index (κ1) is 11.8. The van der Waals surface area contributed by atoms with Crippen molar-refractivity contribution in [3.8, 4) is 0 Å². The van der Waals surface area contributed by atoms with Gasteiger partial charge in [0.1, 0.15) is 0 Å². The lowest BCUT2D eigenvalue weighted by molar-refractivity contribution is 1.12. The Labute approximate surface area is 112 Å². The first-order valence-electron chi connectivity index (χ1n) is 6.46. The minimum atomic E-state index is 0.830. The van der Waals surface area contributed by atoms with Crippen LogP contribution >= 0.6 is 0 Å². The molecule has 0 aliphatic carbocycles. The quantitative estimate of drug-likeness (QED) is 0.743. The van der Waals surface area contributed by atoms with Gasteiger partial charge in [0.25, 0.3) is 0 Å². The molecule has 0 unspecified atom stereocenters. The van der Waals surface area contributed by atoms with Crippen molar-refractivity contribution in [3.63, 3.8) is 0 Å². The molecule has 3 aromatic rings. The van der Waals surface area contributed by atoms with Gasteiger partial charge in [-0.3, -0.25) is 5.10 Å². The number of hydrogen-bond acceptors (Lipinski definition) is 2. The van der Waals surface area contributed by atoms with Gasteiger partial charge in [-0.05, 0) is 37.1 Å². The number of fused-ring (bicyclic) bond motifs is 1. The van der Waals surface area contributed by atoms with Crippen LogP contribution in [0.15, 0.2) is 42.6 Å². The number of benzene rings is 2. The zero-order valence-corrected chi connectivity index (χ0v) is 11.2. The second-order valence-corrected chi connectivity index (χ2v) is 4.92. The highest BCUT2D eigenvalue weighted by Gasteiger charge is 2.03. The summed E-state index contributed by atoms with van der Waals surface area (Å²) in [6.45, 7) is 5.11. The minimum absolute atomic E-state index is 0.830. The van der Waals surface area contributed by atoms with Crippen LogP contribution in [-0.4, -0.2) is 10.2 Å². The first-order chi connectivity index (χ1) is 9.24. The van der Waals surface area contributed by atoms with Crippen LogP contribution < -0.4 is 5.32 Å². The van der Waals surface area contributed by atoms with Crippen LogP contribution in [0.5, 0.6) is 0 Å². The number of aromatic nitrogens is 2. The highest BCUT2D eigenvalue weighted by Crippen LogP contribution is 2.22. The lowest BCUT2D eigenvalue weighted by Crippen LogP contribution is -2.01. The number of aromatic amines is 1. The zero-order chi connectivity index (χ0) is 13.2. The van der Waals surface area contributed by atoms with Crippen molar-refractivity contribution in [3.05, 3.63) is 59.3 Å². The molecular weight excluding hydrogens is 234 g/mol. The van der Waals surface area contributed by atoms with E-state index in [1.165, 1.54) is 16.7 Å². The third kappa shape index (κ3) is 2.32. The average Bonchev–Trinajstić information content (AvgIpc) is 2.86. The predicted molar refractivity (Wildman–Crippen MR) is 79.3 cm³/mol. The van der Waals surface area contributed by atoms with Crippen LogP contribution in [0.1, 0.15) is 16.7 Å². The molecule has 1 heterocycles. The van der Waals surface area contributed by atoms with Crippen molar-refractivity contribution >= 4 is 16.6 Å². The van der Waals surface area contributed by atoms with E-state index in [-0.39, 0.29) is 0 Å². The van der Waals surface area contributed by atoms with Gasteiger partial charge in [0.15, 0.2) is 0 Å². The number of aryl methyl sites for hydroxylation is 2. The monoisotopic (exact) mass is 251 g/mol. The van der Waals surface area contributed by atoms with Crippen LogP contribution in [0.25, 0.3) is 10.9 Å². The van der Waals surface area contributed by atoms with Crippen molar-refractivity contribution in [1.82, 2.24) is 10.2 Å². The maximum Gasteiger partial charge on any atom is 0.0671 e. The SMILES string of the molecule is Cc1ccc(CNc2cccc3[nH]ncc23)c(C)c1. The Balaban J connectivity index is 1.84. The van der Waals surface area contributed by atoms with Crippen LogP contribution in [0, 0.1) is 13.8 Å². The summed E-state index contributed by atoms with van der Waals surface area (Å²) in [6, 6.07) is 12.7. The van der Waals surface area contributed by atoms with Crippen molar-refractivity contribution in [2.45, 2.75) is 20.4 Å². The third-order valence-corrected chi connectivity index (χ3v) is 3.45. The van der Waals surface area contributed by atoms with Crippen molar-refractivity contribution in [1.29, 1.82) is 0 Å². The summed E-state index contributed by atoms with van der Waals surface area (Å²) in [5.74, 6) is 0. The van der Waals surface area contributed by atoms with Crippen molar-refractivity contribution in [2.24, 2.45) is 0 Å². The fourth-order valence-corrected chi connectivity index (χ4v) is 2.36. The summed E-state index contributed by atoms with van der Waals surface area (Å²) in [4.78, 5) is 0. The van der Waals surface area contributed by atoms with Gasteiger partial charge in [0.2, 0.25) is 0 Å². The topological polar surface area (TPSA) is 40.7 Å². The Morgan fingerprint density at radius 2 is 2.05 bits per heavy atom. The molecule has 0 saturated carbocycles. The average molecular weight is 251 g/mol. The molecule has 19 heavy (non-hydrogen) atoms. The predicted octanol–water partition coefficient (Wildman–Crippen LogP) is 3.79. The molecule has 0 amide bonds. The van der Waals surface area contributed by atoms with Crippen molar-refractivity contribution in [2.75, 3.05) is 5.32 Å². The summed E-state index contributed by atoms with van der Waals surface area (Å²) in [5.41, 5.74) is 6.13. The summed E-state index contributed by atoms with van der Waals surface area (Å²) < 4.78 is 0. The standard InChI is InChI=1S/C16H17N3/c1-11-6-7-13(12(2)8-11)9-17-15-4-3-5-16-14(15)10-18-19-16/h3-8,10,17H,9H2,1-2H3,(H,18,19). The maximum absolute atomic E-state index is 4.08. The van der Waals surface area contributed by atoms with Crippen LogP contribution in [0.2, 0.25) is 0 Å². The molecule has 3 rings (SSSR count). The summed E-state index contributed by atoms with van der Waals surface area (Å²) in [6.07, 6.45) is 1.86. The molecule has 0 bridgehead atoms. The molecule has 0 saturated heterocycles. The molecule has 2 N–H and O–H groups in total. The van der Waals surface area contributed by atoms with E-state index in [9.17, 15) is 0 Å². The van der Waals surface area contributed by atoms with E-state index < -0.39 is 0 Å². The Hall–Kier alpha value is -2.29. The first-order valence-corrected chi connectivity index (χ1v) is 6.46. The lowest BCUT2D eigenvalue weighted by Gasteiger charge is -2.10. The number of H-pyrrole nitrogens is 1. The van der Waals surface area contributed by atoms with E-state index in [2.05, 4.69) is 53.6 Å². The molecule has 0 atom stereocenters. The Morgan fingerprint density at radius 1 is 1.16 bits per heavy atom. The van der Waals surface area contributed by atoms with Gasteiger partial charge in [0, 0.05) is 17.6 Å². The second kappa shape index (κ2) is 4.76. The Bertz CT molecular complexity index is 713. The highest BCUT2D eigenvalue weighted by molar-refractivity contribution is 5.90. The van der Waals surface area contributed by atoms with Crippen LogP contribution in [0.3, 0.4) is 0 Å². The highest BCUT2D eigenvalue weighted by atomic mass is 15.1. The Kier molecular flexibility index (Phi) is 2.95. The zero-order valence-electron chi connectivity index (χ0n) is 11.2. The van der Waals surface area contributed by atoms with E-state index in [0.29, 0.717) is 0 Å². The van der Waals surface area contributed by atoms with Gasteiger partial charge < -0.3 is 5.32 Å². The van der Waals surface area contributed by atoms with Gasteiger partial charge in [-0.2, -0.15) is 5.10 Å². The largest absolute Gasteiger partial charge is 0.380 e. The fourth-order valence-electron chi connectivity index (χ4n) is 2.36. The van der Waals surface area contributed by atoms with E-state index in [4.69, 9.17) is 0 Å². The number of nitrogens with one attached hydrogen (secondary N) is 2. The molecule has 3 nitrogen and oxygen atoms in total. The normalized spacial score (nSPS) is 10.8. The summed E-state index contributed by atoms with van der Waals surface area (Å²) in [7, 11) is 0. The third-order valence-electron chi connectivity index (χ3n) is 3.45. The van der Waals surface area contributed by atoms with Crippen molar-refractivity contribution < 1.29 is 0 Å². The van der Waals surface area contributed by atoms with E-state index in [1.807, 2.05) is 18.3 Å². The molecule has 3 heteroatoms. The Morgan fingerprint density at radius 3 is 2.89 bits per heavy atom. The fraction of sp³-hybridized carbons (Fsp3) is 0.188. The van der Waals surface area contributed by atoms with E-state index in [0.717, 1.165) is 23.1 Å². The van der Waals surface area contributed by atoms with Gasteiger partial charge in [-0.1, -0.05) is 29.8 Å². The van der Waals surface area contributed by atoms with Crippen LogP contribution in [-0.2, 0) is 6.54 Å². The number of hydrogen-bond donors (Lipinski definition) is 2. The molecule has 1 aromatic heterocycles. The lowest BCUT2D eigenvalue weighted by atomic mass is 10.1. The number of nitrogens with zero attached hydrogens (tertiary/aromatic N) is 1. The smallest absolute Gasteiger partial charge is 0.0671 e. The van der Waals surface area contributed by atoms with E-state index >= 15 is 0 Å². The molecule has 2 aromatic carbocycles. The number of anilines is 1. The molecule has 0 aliphatic rings. The van der Waals surface area contributed by atoms with Gasteiger partial charge in [-0.15, -0.1) is 0 Å². The molecule has 0 spiro atoms. The van der Waals surface area contributed by atoms with E-state index in [1.54, 1.807) is 0 Å². The molecule has 96 valence electrons. The summed E-state index contributed by atoms with van der Waals surface area (Å²) >= 11 is 0. The number of rotatable bonds is 3. The minimum Gasteiger partial charge on any atom is -0.380 e. The van der Waals surface area contributed by atoms with Crippen LogP contribution in [0.4, 0.5) is 5.69 Å². The maximum atomic E-state index is 4.08. The van der Waals surface area contributed by atoms with Gasteiger partial charge in [0.05, 0.1) is 11.7 Å². The molecule has 0 aliphatic heterocycles. The van der Waals surface area contributed by atoms with Gasteiger partial charge >= 0.3 is 0 Å². The molecule has 0 fully saturated rings. The van der Waals surface area contributed by atoms with Gasteiger partial charge in [-0.25, -0.2) is 0 Å². The molecule has 0 radical (unpaired) electrons.